The smallest absolute Gasteiger partial charge is 0.262 e. The van der Waals surface area contributed by atoms with Gasteiger partial charge in [0.15, 0.2) is 5.16 Å². The molecule has 0 N–H and O–H groups in total. The fourth-order valence-electron chi connectivity index (χ4n) is 2.99. The fourth-order valence-corrected chi connectivity index (χ4v) is 3.84. The van der Waals surface area contributed by atoms with Crippen molar-refractivity contribution in [3.05, 3.63) is 83.0 Å². The summed E-state index contributed by atoms with van der Waals surface area (Å²) in [4.78, 5) is 21.9. The number of fused-ring (bicyclic) bond motifs is 1. The van der Waals surface area contributed by atoms with Crippen molar-refractivity contribution in [3.8, 4) is 11.4 Å². The van der Waals surface area contributed by atoms with Gasteiger partial charge in [0.05, 0.1) is 16.7 Å². The predicted molar refractivity (Wildman–Crippen MR) is 115 cm³/mol. The number of allylic oxidation sites excluding steroid dienone is 1. The second kappa shape index (κ2) is 8.45. The third-order valence-electron chi connectivity index (χ3n) is 4.55. The van der Waals surface area contributed by atoms with E-state index in [4.69, 9.17) is 4.52 Å². The second-order valence-corrected chi connectivity index (χ2v) is 7.41. The SMILES string of the molecule is C=CCn1c(SCc2nc(-c3ccc(CC)cc3)no2)nc2ccccc2c1=O. The fraction of sp³-hybridized carbons (Fsp3) is 0.182. The van der Waals surface area contributed by atoms with Crippen LogP contribution in [-0.4, -0.2) is 19.7 Å². The van der Waals surface area contributed by atoms with E-state index < -0.39 is 0 Å². The first kappa shape index (κ1) is 19.1. The van der Waals surface area contributed by atoms with E-state index in [-0.39, 0.29) is 5.56 Å². The zero-order valence-electron chi connectivity index (χ0n) is 16.0. The van der Waals surface area contributed by atoms with E-state index in [2.05, 4.69) is 40.8 Å². The highest BCUT2D eigenvalue weighted by atomic mass is 32.2. The highest BCUT2D eigenvalue weighted by Gasteiger charge is 2.14. The van der Waals surface area contributed by atoms with Gasteiger partial charge in [-0.15, -0.1) is 6.58 Å². The number of hydrogen-bond acceptors (Lipinski definition) is 6. The summed E-state index contributed by atoms with van der Waals surface area (Å²) in [5, 5.41) is 5.27. The summed E-state index contributed by atoms with van der Waals surface area (Å²) in [5.74, 6) is 1.46. The third-order valence-corrected chi connectivity index (χ3v) is 5.51. The number of thioether (sulfide) groups is 1. The van der Waals surface area contributed by atoms with Crippen LogP contribution in [0.25, 0.3) is 22.3 Å². The number of nitrogens with zero attached hydrogens (tertiary/aromatic N) is 4. The number of hydrogen-bond donors (Lipinski definition) is 0. The number of aryl methyl sites for hydroxylation is 1. The zero-order valence-corrected chi connectivity index (χ0v) is 16.9. The van der Waals surface area contributed by atoms with E-state index in [0.29, 0.717) is 40.1 Å². The minimum absolute atomic E-state index is 0.0831. The highest BCUT2D eigenvalue weighted by Crippen LogP contribution is 2.23. The quantitative estimate of drug-likeness (QED) is 0.257. The Morgan fingerprint density at radius 2 is 1.93 bits per heavy atom. The van der Waals surface area contributed by atoms with E-state index in [1.54, 1.807) is 16.7 Å². The van der Waals surface area contributed by atoms with Gasteiger partial charge in [-0.1, -0.05) is 66.3 Å². The topological polar surface area (TPSA) is 73.8 Å². The summed E-state index contributed by atoms with van der Waals surface area (Å²) in [6.45, 7) is 6.25. The molecule has 2 heterocycles. The molecule has 0 aliphatic carbocycles. The van der Waals surface area contributed by atoms with Crippen LogP contribution >= 0.6 is 11.8 Å². The number of para-hydroxylation sites is 1. The Morgan fingerprint density at radius 1 is 1.14 bits per heavy atom. The van der Waals surface area contributed by atoms with Crippen LogP contribution in [0.2, 0.25) is 0 Å². The summed E-state index contributed by atoms with van der Waals surface area (Å²) in [5.41, 5.74) is 2.76. The van der Waals surface area contributed by atoms with E-state index in [1.165, 1.54) is 17.3 Å². The third kappa shape index (κ3) is 4.00. The lowest BCUT2D eigenvalue weighted by Gasteiger charge is -2.10. The van der Waals surface area contributed by atoms with Gasteiger partial charge in [0.25, 0.3) is 5.56 Å². The van der Waals surface area contributed by atoms with Crippen LogP contribution in [0.3, 0.4) is 0 Å². The van der Waals surface area contributed by atoms with Gasteiger partial charge in [0.2, 0.25) is 11.7 Å². The standard InChI is InChI=1S/C22H20N4O2S/c1-3-13-26-21(27)17-7-5-6-8-18(17)23-22(26)29-14-19-24-20(25-28-19)16-11-9-15(4-2)10-12-16/h3,5-12H,1,4,13-14H2,2H3. The van der Waals surface area contributed by atoms with Crippen LogP contribution in [0.15, 0.2) is 75.7 Å². The molecule has 4 rings (SSSR count). The molecule has 0 radical (unpaired) electrons. The van der Waals surface area contributed by atoms with Crippen LogP contribution in [0.1, 0.15) is 18.4 Å². The normalized spacial score (nSPS) is 11.1. The first-order chi connectivity index (χ1) is 14.2. The molecule has 0 amide bonds. The molecular weight excluding hydrogens is 384 g/mol. The van der Waals surface area contributed by atoms with Crippen LogP contribution in [0, 0.1) is 0 Å². The second-order valence-electron chi connectivity index (χ2n) is 6.47. The Kier molecular flexibility index (Phi) is 5.57. The molecule has 0 aliphatic heterocycles. The lowest BCUT2D eigenvalue weighted by molar-refractivity contribution is 0.391. The van der Waals surface area contributed by atoms with Gasteiger partial charge >= 0.3 is 0 Å². The zero-order chi connectivity index (χ0) is 20.2. The molecule has 0 atom stereocenters. The highest BCUT2D eigenvalue weighted by molar-refractivity contribution is 7.98. The van der Waals surface area contributed by atoms with Crippen molar-refractivity contribution in [2.24, 2.45) is 0 Å². The maximum atomic E-state index is 12.8. The van der Waals surface area contributed by atoms with Gasteiger partial charge in [-0.25, -0.2) is 4.98 Å². The molecule has 0 bridgehead atoms. The molecular formula is C22H20N4O2S. The molecule has 7 heteroatoms. The Bertz CT molecular complexity index is 1210. The van der Waals surface area contributed by atoms with Crippen molar-refractivity contribution in [1.82, 2.24) is 19.7 Å². The predicted octanol–water partition coefficient (Wildman–Crippen LogP) is 4.49. The molecule has 0 saturated heterocycles. The van der Waals surface area contributed by atoms with Crippen molar-refractivity contribution < 1.29 is 4.52 Å². The van der Waals surface area contributed by atoms with Crippen LogP contribution in [-0.2, 0) is 18.7 Å². The van der Waals surface area contributed by atoms with Crippen molar-refractivity contribution in [2.75, 3.05) is 0 Å². The van der Waals surface area contributed by atoms with E-state index in [0.717, 1.165) is 12.0 Å². The Hall–Kier alpha value is -3.19. The van der Waals surface area contributed by atoms with Crippen molar-refractivity contribution in [3.63, 3.8) is 0 Å². The van der Waals surface area contributed by atoms with Gasteiger partial charge in [-0.2, -0.15) is 4.98 Å². The molecule has 2 aromatic carbocycles. The summed E-state index contributed by atoms with van der Waals surface area (Å²) in [6.07, 6.45) is 2.67. The molecule has 4 aromatic rings. The number of rotatable bonds is 7. The maximum absolute atomic E-state index is 12.8. The molecule has 6 nitrogen and oxygen atoms in total. The molecule has 146 valence electrons. The largest absolute Gasteiger partial charge is 0.338 e. The van der Waals surface area contributed by atoms with Crippen LogP contribution in [0.5, 0.6) is 0 Å². The molecule has 0 spiro atoms. The van der Waals surface area contributed by atoms with Gasteiger partial charge in [0.1, 0.15) is 0 Å². The lowest BCUT2D eigenvalue weighted by atomic mass is 10.1. The van der Waals surface area contributed by atoms with Crippen molar-refractivity contribution in [2.45, 2.75) is 30.8 Å². The van der Waals surface area contributed by atoms with E-state index in [1.807, 2.05) is 30.3 Å². The van der Waals surface area contributed by atoms with Gasteiger partial charge in [-0.3, -0.25) is 9.36 Å². The summed E-state index contributed by atoms with van der Waals surface area (Å²) < 4.78 is 7.01. The minimum Gasteiger partial charge on any atom is -0.338 e. The Balaban J connectivity index is 1.58. The minimum atomic E-state index is -0.0831. The first-order valence-corrected chi connectivity index (χ1v) is 10.3. The summed E-state index contributed by atoms with van der Waals surface area (Å²) >= 11 is 1.39. The lowest BCUT2D eigenvalue weighted by Crippen LogP contribution is -2.22. The van der Waals surface area contributed by atoms with Crippen LogP contribution < -0.4 is 5.56 Å². The average Bonchev–Trinajstić information content (AvgIpc) is 3.24. The van der Waals surface area contributed by atoms with Gasteiger partial charge < -0.3 is 4.52 Å². The molecule has 0 saturated carbocycles. The van der Waals surface area contributed by atoms with Gasteiger partial charge in [0, 0.05) is 12.1 Å². The number of aromatic nitrogens is 4. The van der Waals surface area contributed by atoms with Crippen molar-refractivity contribution in [1.29, 1.82) is 0 Å². The monoisotopic (exact) mass is 404 g/mol. The molecule has 0 unspecified atom stereocenters. The molecule has 2 aromatic heterocycles. The molecule has 0 aliphatic rings. The van der Waals surface area contributed by atoms with E-state index >= 15 is 0 Å². The maximum Gasteiger partial charge on any atom is 0.262 e. The summed E-state index contributed by atoms with van der Waals surface area (Å²) in [7, 11) is 0. The molecule has 0 fully saturated rings. The van der Waals surface area contributed by atoms with Crippen molar-refractivity contribution >= 4 is 22.7 Å². The Labute approximate surface area is 172 Å². The van der Waals surface area contributed by atoms with Crippen LogP contribution in [0.4, 0.5) is 0 Å². The van der Waals surface area contributed by atoms with E-state index in [9.17, 15) is 4.79 Å². The Morgan fingerprint density at radius 3 is 2.69 bits per heavy atom. The van der Waals surface area contributed by atoms with Gasteiger partial charge in [-0.05, 0) is 24.1 Å². The summed E-state index contributed by atoms with van der Waals surface area (Å²) in [6, 6.07) is 15.4. The number of benzene rings is 2. The molecule has 29 heavy (non-hydrogen) atoms. The average molecular weight is 404 g/mol. The first-order valence-electron chi connectivity index (χ1n) is 9.34.